The van der Waals surface area contributed by atoms with Gasteiger partial charge in [0.1, 0.15) is 0 Å². The molecule has 0 spiro atoms. The van der Waals surface area contributed by atoms with Gasteiger partial charge in [0.2, 0.25) is 16.5 Å². The van der Waals surface area contributed by atoms with Gasteiger partial charge in [-0.1, -0.05) is 12.1 Å². The molecule has 0 amide bonds. The lowest BCUT2D eigenvalue weighted by Crippen LogP contribution is -2.01. The molecule has 0 unspecified atom stereocenters. The van der Waals surface area contributed by atoms with Gasteiger partial charge in [-0.15, -0.1) is 0 Å². The van der Waals surface area contributed by atoms with E-state index in [2.05, 4.69) is 20.3 Å². The number of anilines is 2. The van der Waals surface area contributed by atoms with E-state index in [1.165, 1.54) is 0 Å². The maximum Gasteiger partial charge on any atom is 0.335 e. The summed E-state index contributed by atoms with van der Waals surface area (Å²) in [6.07, 6.45) is 0.207. The maximum atomic E-state index is 12.5. The van der Waals surface area contributed by atoms with Gasteiger partial charge in [0.25, 0.3) is 0 Å². The number of nitrogens with zero attached hydrogens (tertiary/aromatic N) is 3. The van der Waals surface area contributed by atoms with Gasteiger partial charge in [-0.25, -0.2) is 0 Å². The Hall–Kier alpha value is -1.24. The van der Waals surface area contributed by atoms with Gasteiger partial charge >= 0.3 is 7.60 Å². The molecule has 130 valence electrons. The van der Waals surface area contributed by atoms with Crippen LogP contribution in [0, 0.1) is 0 Å². The summed E-state index contributed by atoms with van der Waals surface area (Å²) in [4.78, 5) is 11.5. The van der Waals surface area contributed by atoms with E-state index < -0.39 is 7.60 Å². The molecule has 1 heterocycles. The highest BCUT2D eigenvalue weighted by Crippen LogP contribution is 2.51. The van der Waals surface area contributed by atoms with Crippen molar-refractivity contribution in [1.82, 2.24) is 15.0 Å². The van der Waals surface area contributed by atoms with Crippen molar-refractivity contribution >= 4 is 42.4 Å². The molecule has 0 aliphatic carbocycles. The van der Waals surface area contributed by atoms with E-state index in [0.29, 0.717) is 13.2 Å². The first-order valence-electron chi connectivity index (χ1n) is 7.25. The summed E-state index contributed by atoms with van der Waals surface area (Å²) >= 11 is 11.5. The number of halogens is 2. The molecule has 0 fully saturated rings. The highest BCUT2D eigenvalue weighted by Gasteiger charge is 2.23. The molecule has 7 nitrogen and oxygen atoms in total. The van der Waals surface area contributed by atoms with E-state index in [9.17, 15) is 4.57 Å². The highest BCUT2D eigenvalue weighted by molar-refractivity contribution is 7.53. The van der Waals surface area contributed by atoms with E-state index in [4.69, 9.17) is 32.2 Å². The Bertz CT molecular complexity index is 700. The summed E-state index contributed by atoms with van der Waals surface area (Å²) in [5, 5.41) is 2.97. The average Bonchev–Trinajstić information content (AvgIpc) is 2.48. The van der Waals surface area contributed by atoms with Crippen molar-refractivity contribution in [3.63, 3.8) is 0 Å². The molecule has 1 aromatic carbocycles. The monoisotopic (exact) mass is 390 g/mol. The molecule has 0 bridgehead atoms. The predicted octanol–water partition coefficient (Wildman–Crippen LogP) is 4.69. The smallest absolute Gasteiger partial charge is 0.324 e. The molecule has 1 N–H and O–H groups in total. The quantitative estimate of drug-likeness (QED) is 0.654. The minimum atomic E-state index is -3.12. The zero-order chi connectivity index (χ0) is 17.6. The number of benzene rings is 1. The normalized spacial score (nSPS) is 11.5. The first-order valence-corrected chi connectivity index (χ1v) is 9.73. The number of nitrogens with one attached hydrogen (secondary N) is 1. The molecule has 0 saturated heterocycles. The molecule has 0 atom stereocenters. The van der Waals surface area contributed by atoms with Crippen LogP contribution in [0.1, 0.15) is 19.4 Å². The van der Waals surface area contributed by atoms with Crippen molar-refractivity contribution in [2.24, 2.45) is 0 Å². The van der Waals surface area contributed by atoms with Gasteiger partial charge in [0.05, 0.1) is 19.4 Å². The summed E-state index contributed by atoms with van der Waals surface area (Å²) in [5.74, 6) is 0.238. The molecule has 0 aliphatic heterocycles. The Labute approximate surface area is 150 Å². The van der Waals surface area contributed by atoms with Crippen LogP contribution in [-0.2, 0) is 19.8 Å². The summed E-state index contributed by atoms with van der Waals surface area (Å²) in [7, 11) is -3.12. The number of rotatable bonds is 8. The largest absolute Gasteiger partial charge is 0.335 e. The van der Waals surface area contributed by atoms with Crippen molar-refractivity contribution < 1.29 is 13.6 Å². The van der Waals surface area contributed by atoms with Crippen LogP contribution in [0.4, 0.5) is 11.6 Å². The van der Waals surface area contributed by atoms with Gasteiger partial charge in [0.15, 0.2) is 0 Å². The number of aromatic nitrogens is 3. The van der Waals surface area contributed by atoms with E-state index in [0.717, 1.165) is 11.3 Å². The van der Waals surface area contributed by atoms with Crippen molar-refractivity contribution in [2.45, 2.75) is 20.0 Å². The Morgan fingerprint density at radius 2 is 1.54 bits per heavy atom. The fraction of sp³-hybridized carbons (Fsp3) is 0.357. The fourth-order valence-corrected chi connectivity index (χ4v) is 4.02. The van der Waals surface area contributed by atoms with Crippen LogP contribution in [0.25, 0.3) is 0 Å². The molecular weight excluding hydrogens is 374 g/mol. The van der Waals surface area contributed by atoms with Crippen LogP contribution in [0.2, 0.25) is 10.6 Å². The molecule has 24 heavy (non-hydrogen) atoms. The number of hydrogen-bond donors (Lipinski definition) is 1. The summed E-state index contributed by atoms with van der Waals surface area (Å²) in [5.41, 5.74) is 1.55. The lowest BCUT2D eigenvalue weighted by Gasteiger charge is -2.17. The van der Waals surface area contributed by atoms with Crippen LogP contribution in [0.3, 0.4) is 0 Å². The zero-order valence-corrected chi connectivity index (χ0v) is 15.6. The molecule has 0 saturated carbocycles. The van der Waals surface area contributed by atoms with Crippen LogP contribution in [0.5, 0.6) is 0 Å². The van der Waals surface area contributed by atoms with Gasteiger partial charge < -0.3 is 14.4 Å². The fourth-order valence-electron chi connectivity index (χ4n) is 1.95. The van der Waals surface area contributed by atoms with Gasteiger partial charge in [-0.05, 0) is 54.7 Å². The van der Waals surface area contributed by atoms with E-state index >= 15 is 0 Å². The minimum Gasteiger partial charge on any atom is -0.324 e. The van der Waals surface area contributed by atoms with Crippen LogP contribution < -0.4 is 5.32 Å². The van der Waals surface area contributed by atoms with E-state index in [1.807, 2.05) is 12.1 Å². The number of hydrogen-bond acceptors (Lipinski definition) is 7. The molecule has 2 aromatic rings. The zero-order valence-electron chi connectivity index (χ0n) is 13.2. The molecule has 2 rings (SSSR count). The molecule has 0 radical (unpaired) electrons. The first-order chi connectivity index (χ1) is 11.4. The van der Waals surface area contributed by atoms with Crippen molar-refractivity contribution in [2.75, 3.05) is 18.5 Å². The van der Waals surface area contributed by atoms with Gasteiger partial charge in [-0.3, -0.25) is 4.57 Å². The van der Waals surface area contributed by atoms with Crippen LogP contribution in [0.15, 0.2) is 24.3 Å². The molecule has 1 aromatic heterocycles. The highest BCUT2D eigenvalue weighted by atomic mass is 35.5. The Balaban J connectivity index is 2.08. The first kappa shape index (κ1) is 19.1. The van der Waals surface area contributed by atoms with E-state index in [1.54, 1.807) is 26.0 Å². The second-order valence-electron chi connectivity index (χ2n) is 4.62. The predicted molar refractivity (Wildman–Crippen MR) is 94.1 cm³/mol. The second-order valence-corrected chi connectivity index (χ2v) is 7.35. The lowest BCUT2D eigenvalue weighted by molar-refractivity contribution is 0.219. The average molecular weight is 391 g/mol. The molecule has 10 heteroatoms. The lowest BCUT2D eigenvalue weighted by atomic mass is 10.2. The summed E-state index contributed by atoms with van der Waals surface area (Å²) < 4.78 is 23.1. The standard InChI is InChI=1S/C14H17Cl2N4O3P/c1-3-22-24(21,23-4-2)9-10-5-7-11(8-6-10)17-14-19-12(15)18-13(16)20-14/h5-8H,3-4,9H2,1-2H3,(H,17,18,19,20). The topological polar surface area (TPSA) is 86.2 Å². The van der Waals surface area contributed by atoms with Crippen LogP contribution >= 0.6 is 30.8 Å². The third kappa shape index (κ3) is 5.69. The molecular formula is C14H17Cl2N4O3P. The Kier molecular flexibility index (Phi) is 6.95. The van der Waals surface area contributed by atoms with Crippen molar-refractivity contribution in [3.05, 3.63) is 40.4 Å². The van der Waals surface area contributed by atoms with Crippen LogP contribution in [-0.4, -0.2) is 28.2 Å². The second kappa shape index (κ2) is 8.74. The Morgan fingerprint density at radius 1 is 1.00 bits per heavy atom. The SMILES string of the molecule is CCOP(=O)(Cc1ccc(Nc2nc(Cl)nc(Cl)n2)cc1)OCC. The Morgan fingerprint density at radius 3 is 2.04 bits per heavy atom. The van der Waals surface area contributed by atoms with Crippen molar-refractivity contribution in [3.8, 4) is 0 Å². The van der Waals surface area contributed by atoms with Crippen molar-refractivity contribution in [1.29, 1.82) is 0 Å². The molecule has 0 aliphatic rings. The third-order valence-corrected chi connectivity index (χ3v) is 5.21. The maximum absolute atomic E-state index is 12.5. The van der Waals surface area contributed by atoms with Gasteiger partial charge in [0, 0.05) is 5.69 Å². The minimum absolute atomic E-state index is 0.00323. The van der Waals surface area contributed by atoms with Gasteiger partial charge in [-0.2, -0.15) is 15.0 Å². The summed E-state index contributed by atoms with van der Waals surface area (Å²) in [6, 6.07) is 7.22. The van der Waals surface area contributed by atoms with E-state index in [-0.39, 0.29) is 22.7 Å². The summed E-state index contributed by atoms with van der Waals surface area (Å²) in [6.45, 7) is 4.23. The third-order valence-electron chi connectivity index (χ3n) is 2.82.